The van der Waals surface area contributed by atoms with Crippen molar-refractivity contribution in [3.63, 3.8) is 0 Å². The van der Waals surface area contributed by atoms with Gasteiger partial charge in [-0.1, -0.05) is 0 Å². The molecule has 0 aromatic rings. The first-order chi connectivity index (χ1) is 3.50. The summed E-state index contributed by atoms with van der Waals surface area (Å²) in [5, 5.41) is 5.52. The molecule has 2 N–H and O–H groups in total. The van der Waals surface area contributed by atoms with E-state index < -0.39 is 0 Å². The van der Waals surface area contributed by atoms with E-state index in [1.807, 2.05) is 0 Å². The number of hydrogen-bond donors (Lipinski definition) is 1. The van der Waals surface area contributed by atoms with Crippen LogP contribution in [0.2, 0.25) is 10.6 Å². The van der Waals surface area contributed by atoms with Gasteiger partial charge in [0.15, 0.2) is 0 Å². The van der Waals surface area contributed by atoms with E-state index >= 15 is 0 Å². The Labute approximate surface area is 55.5 Å². The third kappa shape index (κ3) is 2.73. The van der Waals surface area contributed by atoms with E-state index in [-0.39, 0.29) is 0 Å². The average Bonchev–Trinajstić information content (AvgIpc) is 1.90. The van der Waals surface area contributed by atoms with Crippen molar-refractivity contribution in [3.8, 4) is 0 Å². The number of rotatable bonds is 0. The van der Waals surface area contributed by atoms with Gasteiger partial charge in [0.2, 0.25) is 0 Å². The molecule has 1 nitrogen and oxygen atoms in total. The molecule has 0 saturated carbocycles. The Bertz CT molecular complexity index is 29.3. The molecule has 0 spiro atoms. The summed E-state index contributed by atoms with van der Waals surface area (Å²) in [6.07, 6.45) is 0. The van der Waals surface area contributed by atoms with Crippen LogP contribution in [-0.4, -0.2) is 39.4 Å². The van der Waals surface area contributed by atoms with Crippen LogP contribution >= 0.6 is 0 Å². The Hall–Kier alpha value is 0.999. The molecule has 1 aliphatic heterocycles. The fraction of sp³-hybridized carbons (Fsp3) is 1.00. The molecule has 1 rings (SSSR count). The molecular formula is C4H10NSe2+. The van der Waals surface area contributed by atoms with Crippen molar-refractivity contribution in [1.82, 2.24) is 0 Å². The molecule has 0 unspecified atom stereocenters. The maximum absolute atomic E-state index is 2.45. The third-order valence-electron chi connectivity index (χ3n) is 0.894. The molecule has 0 radical (unpaired) electrons. The minimum absolute atomic E-state index is 1.07. The first-order valence-corrected chi connectivity index (χ1v) is 9.32. The molecule has 1 fully saturated rings. The first-order valence-electron chi connectivity index (χ1n) is 2.56. The molecule has 3 heteroatoms. The number of quaternary nitrogens is 1. The van der Waals surface area contributed by atoms with Gasteiger partial charge in [-0.05, 0) is 0 Å². The molecule has 1 saturated heterocycles. The number of nitrogens with two attached hydrogens (primary N) is 1. The van der Waals surface area contributed by atoms with Crippen LogP contribution in [0.3, 0.4) is 0 Å². The van der Waals surface area contributed by atoms with Crippen molar-refractivity contribution < 1.29 is 5.32 Å². The molecule has 1 heterocycles. The fourth-order valence-electron chi connectivity index (χ4n) is 0.525. The zero-order valence-corrected chi connectivity index (χ0v) is 7.65. The molecule has 7 heavy (non-hydrogen) atoms. The summed E-state index contributed by atoms with van der Waals surface area (Å²) >= 11 is 2.14. The molecular weight excluding hydrogens is 220 g/mol. The maximum atomic E-state index is 2.45. The van der Waals surface area contributed by atoms with Gasteiger partial charge in [-0.2, -0.15) is 0 Å². The van der Waals surface area contributed by atoms with Crippen molar-refractivity contribution in [1.29, 1.82) is 0 Å². The predicted octanol–water partition coefficient (Wildman–Crippen LogP) is -1.28. The first kappa shape index (κ1) is 6.12. The van der Waals surface area contributed by atoms with Gasteiger partial charge >= 0.3 is 55.3 Å². The summed E-state index contributed by atoms with van der Waals surface area (Å²) in [5.74, 6) is 0. The van der Waals surface area contributed by atoms with Gasteiger partial charge in [-0.3, -0.25) is 0 Å². The van der Waals surface area contributed by atoms with Crippen molar-refractivity contribution >= 4 is 26.3 Å². The van der Waals surface area contributed by atoms with Crippen LogP contribution in [0, 0.1) is 0 Å². The fourth-order valence-corrected chi connectivity index (χ4v) is 6.79. The van der Waals surface area contributed by atoms with Crippen molar-refractivity contribution in [2.24, 2.45) is 0 Å². The Kier molecular flexibility index (Phi) is 3.44. The van der Waals surface area contributed by atoms with Gasteiger partial charge in [-0.15, -0.1) is 0 Å². The number of hydrogen-bond acceptors (Lipinski definition) is 0. The molecule has 1 aliphatic rings. The van der Waals surface area contributed by atoms with Gasteiger partial charge in [0.25, 0.3) is 0 Å². The van der Waals surface area contributed by atoms with Crippen molar-refractivity contribution in [2.75, 3.05) is 13.1 Å². The van der Waals surface area contributed by atoms with Gasteiger partial charge in [-0.25, -0.2) is 0 Å². The second-order valence-electron chi connectivity index (χ2n) is 1.51. The van der Waals surface area contributed by atoms with Gasteiger partial charge < -0.3 is 0 Å². The second-order valence-corrected chi connectivity index (χ2v) is 9.35. The quantitative estimate of drug-likeness (QED) is 0.499. The predicted molar refractivity (Wildman–Crippen MR) is 32.8 cm³/mol. The van der Waals surface area contributed by atoms with Crippen LogP contribution in [0.1, 0.15) is 0 Å². The molecule has 0 aliphatic carbocycles. The Morgan fingerprint density at radius 3 is 2.14 bits per heavy atom. The Morgan fingerprint density at radius 1 is 1.00 bits per heavy atom. The van der Waals surface area contributed by atoms with Crippen LogP contribution in [0.15, 0.2) is 0 Å². The van der Waals surface area contributed by atoms with Gasteiger partial charge in [0, 0.05) is 0 Å². The summed E-state index contributed by atoms with van der Waals surface area (Å²) in [5.41, 5.74) is 0. The van der Waals surface area contributed by atoms with Crippen LogP contribution in [-0.2, 0) is 0 Å². The van der Waals surface area contributed by atoms with Crippen LogP contribution in [0.5, 0.6) is 0 Å². The zero-order valence-electron chi connectivity index (χ0n) is 4.22. The van der Waals surface area contributed by atoms with Crippen molar-refractivity contribution in [2.45, 2.75) is 10.6 Å². The molecule has 42 valence electrons. The standard InChI is InChI=1S/C4H9NSe2/c1-3-6-7-4-2-5-1/h5H,1-4H2/p+1. The van der Waals surface area contributed by atoms with Crippen LogP contribution in [0.25, 0.3) is 0 Å². The van der Waals surface area contributed by atoms with Gasteiger partial charge in [0.1, 0.15) is 0 Å². The Morgan fingerprint density at radius 2 is 1.57 bits per heavy atom. The molecule has 0 amide bonds. The average molecular weight is 230 g/mol. The molecule has 0 bridgehead atoms. The summed E-state index contributed by atoms with van der Waals surface area (Å²) in [7, 11) is 0. The SMILES string of the molecule is C1C[Se][Se]CC[NH2+]1. The molecule has 0 aromatic heterocycles. The second kappa shape index (κ2) is 3.94. The van der Waals surface area contributed by atoms with Crippen LogP contribution in [0.4, 0.5) is 0 Å². The minimum atomic E-state index is 1.07. The van der Waals surface area contributed by atoms with Crippen LogP contribution < -0.4 is 5.32 Å². The summed E-state index contributed by atoms with van der Waals surface area (Å²) in [6, 6.07) is 0. The normalized spacial score (nSPS) is 24.0. The summed E-state index contributed by atoms with van der Waals surface area (Å²) in [6.45, 7) is 2.84. The van der Waals surface area contributed by atoms with E-state index in [2.05, 4.69) is 5.32 Å². The van der Waals surface area contributed by atoms with E-state index in [4.69, 9.17) is 0 Å². The molecule has 0 aromatic carbocycles. The third-order valence-corrected chi connectivity index (χ3v) is 8.38. The topological polar surface area (TPSA) is 16.6 Å². The molecule has 0 atom stereocenters. The van der Waals surface area contributed by atoms with E-state index in [9.17, 15) is 0 Å². The van der Waals surface area contributed by atoms with E-state index in [1.165, 1.54) is 23.7 Å². The summed E-state index contributed by atoms with van der Waals surface area (Å²) in [4.78, 5) is 0. The van der Waals surface area contributed by atoms with E-state index in [0.717, 1.165) is 26.3 Å². The van der Waals surface area contributed by atoms with E-state index in [0.29, 0.717) is 0 Å². The monoisotopic (exact) mass is 232 g/mol. The van der Waals surface area contributed by atoms with Gasteiger partial charge in [0.05, 0.1) is 0 Å². The van der Waals surface area contributed by atoms with E-state index in [1.54, 1.807) is 0 Å². The zero-order chi connectivity index (χ0) is 4.95. The van der Waals surface area contributed by atoms with Crippen molar-refractivity contribution in [3.05, 3.63) is 0 Å². The Balaban J connectivity index is 2.04. The summed E-state index contributed by atoms with van der Waals surface area (Å²) < 4.78 is 0.